The minimum atomic E-state index is -0.872. The Labute approximate surface area is 106 Å². The second kappa shape index (κ2) is 4.84. The highest BCUT2D eigenvalue weighted by molar-refractivity contribution is 6.44. The van der Waals surface area contributed by atoms with Crippen molar-refractivity contribution < 1.29 is 0 Å². The lowest BCUT2D eigenvalue weighted by atomic mass is 9.46. The Morgan fingerprint density at radius 3 is 2.25 bits per heavy atom. The maximum atomic E-state index is 6.10. The standard InChI is InChI=1S/C11H19B4N/c1-4-5-6-10(2,3)16-8(12)7-11(14,15)9(16)13/h8-9H,4-7H2,1-3H3. The van der Waals surface area contributed by atoms with Crippen LogP contribution in [0.1, 0.15) is 46.5 Å². The van der Waals surface area contributed by atoms with E-state index in [2.05, 4.69) is 25.7 Å². The van der Waals surface area contributed by atoms with Gasteiger partial charge in [0.15, 0.2) is 0 Å². The van der Waals surface area contributed by atoms with E-state index in [1.807, 2.05) is 0 Å². The molecule has 16 heavy (non-hydrogen) atoms. The molecule has 2 atom stereocenters. The molecule has 1 rings (SSSR count). The molecule has 2 unspecified atom stereocenters. The first-order chi connectivity index (χ1) is 7.22. The van der Waals surface area contributed by atoms with E-state index in [0.29, 0.717) is 6.42 Å². The largest absolute Gasteiger partial charge is 0.311 e. The summed E-state index contributed by atoms with van der Waals surface area (Å²) < 4.78 is 0. The molecule has 1 aliphatic heterocycles. The zero-order valence-electron chi connectivity index (χ0n) is 10.7. The molecule has 1 aliphatic rings. The predicted octanol–water partition coefficient (Wildman–Crippen LogP) is 1.10. The van der Waals surface area contributed by atoms with Gasteiger partial charge in [0, 0.05) is 5.54 Å². The molecule has 0 saturated carbocycles. The fourth-order valence-corrected chi connectivity index (χ4v) is 2.61. The molecular formula is C11H19B4N. The summed E-state index contributed by atoms with van der Waals surface area (Å²) in [5.74, 6) is -0.508. The lowest BCUT2D eigenvalue weighted by Gasteiger charge is -2.45. The summed E-state index contributed by atoms with van der Waals surface area (Å²) >= 11 is 0. The number of nitrogens with zero attached hydrogens (tertiary/aromatic N) is 1. The van der Waals surface area contributed by atoms with Crippen LogP contribution in [-0.4, -0.2) is 53.7 Å². The van der Waals surface area contributed by atoms with Crippen LogP contribution in [0.15, 0.2) is 0 Å². The predicted molar refractivity (Wildman–Crippen MR) is 73.3 cm³/mol. The summed E-state index contributed by atoms with van der Waals surface area (Å²) in [6.45, 7) is 6.49. The Morgan fingerprint density at radius 1 is 1.31 bits per heavy atom. The topological polar surface area (TPSA) is 3.24 Å². The highest BCUT2D eigenvalue weighted by Gasteiger charge is 2.45. The number of hydrogen-bond donors (Lipinski definition) is 0. The smallest absolute Gasteiger partial charge is 0.0909 e. The summed E-state index contributed by atoms with van der Waals surface area (Å²) in [4.78, 5) is 2.07. The SMILES string of the molecule is [B]C1CC([B])([B])C([B])N1C(C)(C)CCCC. The third-order valence-electron chi connectivity index (χ3n) is 3.61. The fourth-order valence-electron chi connectivity index (χ4n) is 2.61. The van der Waals surface area contributed by atoms with Crippen LogP contribution in [0.4, 0.5) is 0 Å². The average molecular weight is 209 g/mol. The van der Waals surface area contributed by atoms with Gasteiger partial charge in [-0.3, -0.25) is 0 Å². The number of hydrogen-bond acceptors (Lipinski definition) is 1. The van der Waals surface area contributed by atoms with Crippen LogP contribution < -0.4 is 0 Å². The van der Waals surface area contributed by atoms with E-state index < -0.39 is 5.21 Å². The van der Waals surface area contributed by atoms with Gasteiger partial charge in [-0.15, -0.1) is 0 Å². The normalized spacial score (nSPS) is 30.7. The Bertz CT molecular complexity index is 242. The van der Waals surface area contributed by atoms with Crippen LogP contribution in [0.2, 0.25) is 5.21 Å². The zero-order chi connectivity index (χ0) is 12.6. The van der Waals surface area contributed by atoms with Crippen molar-refractivity contribution >= 4 is 31.4 Å². The van der Waals surface area contributed by atoms with Crippen molar-refractivity contribution in [1.29, 1.82) is 0 Å². The Hall–Kier alpha value is 0.220. The third-order valence-corrected chi connectivity index (χ3v) is 3.61. The van der Waals surface area contributed by atoms with Gasteiger partial charge in [0.25, 0.3) is 0 Å². The van der Waals surface area contributed by atoms with Crippen LogP contribution in [-0.2, 0) is 0 Å². The Balaban J connectivity index is 2.79. The van der Waals surface area contributed by atoms with Gasteiger partial charge in [0.05, 0.1) is 31.4 Å². The van der Waals surface area contributed by atoms with Crippen molar-refractivity contribution in [3.63, 3.8) is 0 Å². The molecule has 0 aromatic rings. The zero-order valence-corrected chi connectivity index (χ0v) is 10.7. The van der Waals surface area contributed by atoms with Crippen molar-refractivity contribution in [1.82, 2.24) is 4.90 Å². The number of likely N-dealkylation sites (tertiary alicyclic amines) is 1. The maximum Gasteiger partial charge on any atom is 0.0909 e. The summed E-state index contributed by atoms with van der Waals surface area (Å²) in [6.07, 6.45) is 3.92. The van der Waals surface area contributed by atoms with E-state index in [1.54, 1.807) is 0 Å². The average Bonchev–Trinajstić information content (AvgIpc) is 2.33. The summed E-state index contributed by atoms with van der Waals surface area (Å²) in [5, 5.41) is -0.872. The van der Waals surface area contributed by atoms with E-state index in [-0.39, 0.29) is 17.4 Å². The molecule has 0 spiro atoms. The molecular weight excluding hydrogens is 189 g/mol. The van der Waals surface area contributed by atoms with Crippen LogP contribution in [0.5, 0.6) is 0 Å². The Kier molecular flexibility index (Phi) is 4.32. The third kappa shape index (κ3) is 2.72. The molecule has 0 aliphatic carbocycles. The first-order valence-corrected chi connectivity index (χ1v) is 6.10. The maximum absolute atomic E-state index is 6.10. The van der Waals surface area contributed by atoms with Gasteiger partial charge >= 0.3 is 0 Å². The van der Waals surface area contributed by atoms with E-state index in [0.717, 1.165) is 19.3 Å². The van der Waals surface area contributed by atoms with Gasteiger partial charge in [-0.1, -0.05) is 31.4 Å². The number of unbranched alkanes of at least 4 members (excludes halogenated alkanes) is 1. The summed E-state index contributed by atoms with van der Waals surface area (Å²) in [6, 6.07) is 0. The molecule has 5 heteroatoms. The van der Waals surface area contributed by atoms with E-state index in [9.17, 15) is 0 Å². The first-order valence-electron chi connectivity index (χ1n) is 6.10. The quantitative estimate of drug-likeness (QED) is 0.626. The highest BCUT2D eigenvalue weighted by atomic mass is 15.2. The number of rotatable bonds is 4. The van der Waals surface area contributed by atoms with Crippen molar-refractivity contribution in [2.75, 3.05) is 0 Å². The molecule has 1 fully saturated rings. The molecule has 0 bridgehead atoms. The van der Waals surface area contributed by atoms with Crippen molar-refractivity contribution in [2.45, 2.75) is 69.1 Å². The molecule has 0 N–H and O–H groups in total. The summed E-state index contributed by atoms with van der Waals surface area (Å²) in [7, 11) is 24.1. The second-order valence-electron chi connectivity index (χ2n) is 5.65. The van der Waals surface area contributed by atoms with E-state index in [4.69, 9.17) is 31.4 Å². The molecule has 1 heterocycles. The lowest BCUT2D eigenvalue weighted by molar-refractivity contribution is 0.109. The van der Waals surface area contributed by atoms with Gasteiger partial charge in [-0.2, -0.15) is 0 Å². The van der Waals surface area contributed by atoms with Gasteiger partial charge in [-0.05, 0) is 32.2 Å². The van der Waals surface area contributed by atoms with Gasteiger partial charge in [0.2, 0.25) is 0 Å². The minimum Gasteiger partial charge on any atom is -0.311 e. The molecule has 0 aromatic heterocycles. The van der Waals surface area contributed by atoms with Crippen LogP contribution in [0.25, 0.3) is 0 Å². The van der Waals surface area contributed by atoms with Crippen LogP contribution in [0, 0.1) is 0 Å². The molecule has 1 saturated heterocycles. The van der Waals surface area contributed by atoms with Crippen LogP contribution in [0.3, 0.4) is 0 Å². The first kappa shape index (κ1) is 14.3. The molecule has 0 amide bonds. The minimum absolute atomic E-state index is 0.0463. The van der Waals surface area contributed by atoms with Crippen molar-refractivity contribution in [3.05, 3.63) is 0 Å². The fraction of sp³-hybridized carbons (Fsp3) is 1.00. The van der Waals surface area contributed by atoms with Crippen LogP contribution >= 0.6 is 0 Å². The van der Waals surface area contributed by atoms with E-state index >= 15 is 0 Å². The lowest BCUT2D eigenvalue weighted by Crippen LogP contribution is -2.52. The Morgan fingerprint density at radius 2 is 1.88 bits per heavy atom. The molecule has 8 radical (unpaired) electrons. The van der Waals surface area contributed by atoms with Gasteiger partial charge in [0.1, 0.15) is 0 Å². The molecule has 80 valence electrons. The molecule has 0 aromatic carbocycles. The molecule has 1 nitrogen and oxygen atoms in total. The summed E-state index contributed by atoms with van der Waals surface area (Å²) in [5.41, 5.74) is -0.0463. The van der Waals surface area contributed by atoms with E-state index in [1.165, 1.54) is 0 Å². The van der Waals surface area contributed by atoms with Crippen molar-refractivity contribution in [2.24, 2.45) is 0 Å². The second-order valence-corrected chi connectivity index (χ2v) is 5.65. The van der Waals surface area contributed by atoms with Crippen molar-refractivity contribution in [3.8, 4) is 0 Å². The van der Waals surface area contributed by atoms with Gasteiger partial charge < -0.3 is 4.90 Å². The monoisotopic (exact) mass is 209 g/mol. The van der Waals surface area contributed by atoms with Gasteiger partial charge in [-0.25, -0.2) is 0 Å². The highest BCUT2D eigenvalue weighted by Crippen LogP contribution is 2.43.